The molecule has 1 fully saturated rings. The van der Waals surface area contributed by atoms with Crippen LogP contribution in [0.1, 0.15) is 37.8 Å². The van der Waals surface area contributed by atoms with Crippen molar-refractivity contribution < 1.29 is 23.1 Å². The maximum Gasteiger partial charge on any atom is 0.247 e. The van der Waals surface area contributed by atoms with Crippen LogP contribution in [0.15, 0.2) is 47.6 Å². The molecule has 9 heteroatoms. The van der Waals surface area contributed by atoms with Crippen LogP contribution in [0.5, 0.6) is 5.75 Å². The Hall–Kier alpha value is -2.93. The lowest BCUT2D eigenvalue weighted by atomic mass is 10.0. The summed E-state index contributed by atoms with van der Waals surface area (Å²) in [6.45, 7) is 3.79. The van der Waals surface area contributed by atoms with Crippen molar-refractivity contribution in [3.05, 3.63) is 53.9 Å². The first-order chi connectivity index (χ1) is 16.7. The number of hydrogen-bond donors (Lipinski definition) is 1. The van der Waals surface area contributed by atoms with Crippen molar-refractivity contribution in [3.8, 4) is 17.6 Å². The van der Waals surface area contributed by atoms with Crippen molar-refractivity contribution in [3.63, 3.8) is 0 Å². The number of pyridine rings is 1. The van der Waals surface area contributed by atoms with Crippen molar-refractivity contribution >= 4 is 15.9 Å². The fraction of sp³-hybridized carbons (Fsp3) is 0.462. The molecule has 0 radical (unpaired) electrons. The summed E-state index contributed by atoms with van der Waals surface area (Å²) in [5.74, 6) is 6.21. The smallest absolute Gasteiger partial charge is 0.247 e. The van der Waals surface area contributed by atoms with Gasteiger partial charge in [-0.25, -0.2) is 8.42 Å². The Kier molecular flexibility index (Phi) is 7.45. The SMILES string of the molecule is C[C@@H]1CN([C@@H](C)CO)S(=O)(=O)c2ccc(C#Cc3cccnc3)cc2O[C@H]1CN(C)C(=O)C1CC1. The predicted octanol–water partition coefficient (Wildman–Crippen LogP) is 2.12. The molecule has 2 aliphatic rings. The minimum Gasteiger partial charge on any atom is -0.487 e. The van der Waals surface area contributed by atoms with Gasteiger partial charge < -0.3 is 14.7 Å². The number of nitrogens with zero attached hydrogens (tertiary/aromatic N) is 3. The highest BCUT2D eigenvalue weighted by Gasteiger charge is 2.39. The lowest BCUT2D eigenvalue weighted by Crippen LogP contribution is -2.50. The third-order valence-corrected chi connectivity index (χ3v) is 8.46. The highest BCUT2D eigenvalue weighted by atomic mass is 32.2. The molecular formula is C26H31N3O5S. The maximum absolute atomic E-state index is 13.6. The van der Waals surface area contributed by atoms with Crippen molar-refractivity contribution in [2.75, 3.05) is 26.7 Å². The van der Waals surface area contributed by atoms with Crippen molar-refractivity contribution in [1.29, 1.82) is 0 Å². The van der Waals surface area contributed by atoms with Gasteiger partial charge in [-0.3, -0.25) is 9.78 Å². The van der Waals surface area contributed by atoms with Gasteiger partial charge >= 0.3 is 0 Å². The molecule has 0 bridgehead atoms. The number of hydrogen-bond acceptors (Lipinski definition) is 6. The van der Waals surface area contributed by atoms with E-state index in [9.17, 15) is 18.3 Å². The second-order valence-electron chi connectivity index (χ2n) is 9.39. The van der Waals surface area contributed by atoms with E-state index in [0.717, 1.165) is 18.4 Å². The molecular weight excluding hydrogens is 466 g/mol. The standard InChI is InChI=1S/C26H31N3O5S/c1-18-15-29(19(2)17-30)35(32,33)25-11-8-20(6-7-21-5-4-12-27-14-21)13-23(25)34-24(18)16-28(3)26(31)22-9-10-22/h4-5,8,11-14,18-19,22,24,30H,9-10,15-17H2,1-3H3/t18-,19+,24+/m1/s1. The first-order valence-corrected chi connectivity index (χ1v) is 13.2. The van der Waals surface area contributed by atoms with E-state index in [0.29, 0.717) is 12.1 Å². The number of fused-ring (bicyclic) bond motifs is 1. The van der Waals surface area contributed by atoms with Gasteiger partial charge in [0.05, 0.1) is 13.2 Å². The molecule has 0 spiro atoms. The number of carbonyl (C=O) groups is 1. The molecule has 35 heavy (non-hydrogen) atoms. The van der Waals surface area contributed by atoms with Crippen LogP contribution in [0.4, 0.5) is 0 Å². The molecule has 4 rings (SSSR count). The number of carbonyl (C=O) groups excluding carboxylic acids is 1. The molecule has 1 amide bonds. The molecule has 8 nitrogen and oxygen atoms in total. The van der Waals surface area contributed by atoms with Crippen molar-refractivity contribution in [1.82, 2.24) is 14.2 Å². The van der Waals surface area contributed by atoms with Crippen LogP contribution in [-0.4, -0.2) is 72.5 Å². The summed E-state index contributed by atoms with van der Waals surface area (Å²) in [6, 6.07) is 7.81. The van der Waals surface area contributed by atoms with Crippen LogP contribution in [0.2, 0.25) is 0 Å². The maximum atomic E-state index is 13.6. The van der Waals surface area contributed by atoms with E-state index in [1.807, 2.05) is 13.0 Å². The van der Waals surface area contributed by atoms with Gasteiger partial charge in [0.25, 0.3) is 0 Å². The van der Waals surface area contributed by atoms with Crippen molar-refractivity contribution in [2.24, 2.45) is 11.8 Å². The van der Waals surface area contributed by atoms with Gasteiger partial charge in [-0.2, -0.15) is 4.31 Å². The average Bonchev–Trinajstić information content (AvgIpc) is 3.70. The van der Waals surface area contributed by atoms with E-state index < -0.39 is 22.2 Å². The fourth-order valence-corrected chi connectivity index (χ4v) is 5.93. The summed E-state index contributed by atoms with van der Waals surface area (Å²) in [4.78, 5) is 18.3. The monoisotopic (exact) mass is 497 g/mol. The molecule has 1 saturated carbocycles. The molecule has 3 atom stereocenters. The zero-order chi connectivity index (χ0) is 25.2. The molecule has 0 unspecified atom stereocenters. The Morgan fingerprint density at radius 1 is 1.29 bits per heavy atom. The summed E-state index contributed by atoms with van der Waals surface area (Å²) < 4.78 is 34.8. The number of aromatic nitrogens is 1. The quantitative estimate of drug-likeness (QED) is 0.636. The molecule has 1 aliphatic carbocycles. The number of aliphatic hydroxyl groups is 1. The fourth-order valence-electron chi connectivity index (χ4n) is 4.10. The first kappa shape index (κ1) is 25.2. The average molecular weight is 498 g/mol. The van der Waals surface area contributed by atoms with Gasteiger partial charge in [0.1, 0.15) is 16.7 Å². The van der Waals surface area contributed by atoms with E-state index in [-0.39, 0.29) is 41.5 Å². The molecule has 0 saturated heterocycles. The van der Waals surface area contributed by atoms with Crippen molar-refractivity contribution in [2.45, 2.75) is 43.7 Å². The summed E-state index contributed by atoms with van der Waals surface area (Å²) in [5, 5.41) is 9.78. The first-order valence-electron chi connectivity index (χ1n) is 11.8. The highest BCUT2D eigenvalue weighted by molar-refractivity contribution is 7.89. The number of likely N-dealkylation sites (N-methyl/N-ethyl adjacent to an activating group) is 1. The van der Waals surface area contributed by atoms with Gasteiger partial charge in [0.15, 0.2) is 0 Å². The third kappa shape index (κ3) is 5.67. The Bertz CT molecular complexity index is 1230. The second-order valence-corrected chi connectivity index (χ2v) is 11.2. The van der Waals surface area contributed by atoms with Crippen LogP contribution in [0, 0.1) is 23.7 Å². The van der Waals surface area contributed by atoms with Crippen LogP contribution < -0.4 is 4.74 Å². The summed E-state index contributed by atoms with van der Waals surface area (Å²) in [5.41, 5.74) is 1.33. The van der Waals surface area contributed by atoms with Gasteiger partial charge in [-0.1, -0.05) is 18.8 Å². The molecule has 1 N–H and O–H groups in total. The van der Waals surface area contributed by atoms with E-state index in [2.05, 4.69) is 16.8 Å². The number of rotatable bonds is 5. The molecule has 1 aliphatic heterocycles. The zero-order valence-electron chi connectivity index (χ0n) is 20.2. The minimum atomic E-state index is -3.93. The van der Waals surface area contributed by atoms with Gasteiger partial charge in [0, 0.05) is 55.0 Å². The minimum absolute atomic E-state index is 0.0257. The Morgan fingerprint density at radius 2 is 2.03 bits per heavy atom. The number of amides is 1. The van der Waals surface area contributed by atoms with Crippen LogP contribution in [0.25, 0.3) is 0 Å². The molecule has 1 aromatic heterocycles. The number of sulfonamides is 1. The van der Waals surface area contributed by atoms with Gasteiger partial charge in [-0.05, 0) is 50.1 Å². The summed E-state index contributed by atoms with van der Waals surface area (Å²) in [6.07, 6.45) is 4.70. The predicted molar refractivity (Wildman–Crippen MR) is 131 cm³/mol. The number of benzene rings is 1. The van der Waals surface area contributed by atoms with E-state index >= 15 is 0 Å². The van der Waals surface area contributed by atoms with Crippen LogP contribution in [-0.2, 0) is 14.8 Å². The van der Waals surface area contributed by atoms with Crippen LogP contribution in [0.3, 0.4) is 0 Å². The van der Waals surface area contributed by atoms with Gasteiger partial charge in [0.2, 0.25) is 15.9 Å². The van der Waals surface area contributed by atoms with E-state index in [4.69, 9.17) is 4.74 Å². The second kappa shape index (κ2) is 10.4. The third-order valence-electron chi connectivity index (χ3n) is 6.44. The van der Waals surface area contributed by atoms with E-state index in [1.54, 1.807) is 49.5 Å². The molecule has 186 valence electrons. The largest absolute Gasteiger partial charge is 0.487 e. The Balaban J connectivity index is 1.72. The normalized spacial score (nSPS) is 22.4. The molecule has 2 heterocycles. The topological polar surface area (TPSA) is 100 Å². The molecule has 1 aromatic carbocycles. The number of aliphatic hydroxyl groups excluding tert-OH is 1. The summed E-state index contributed by atoms with van der Waals surface area (Å²) in [7, 11) is -2.17. The van der Waals surface area contributed by atoms with Crippen LogP contribution >= 0.6 is 0 Å². The molecule has 2 aromatic rings. The number of ether oxygens (including phenoxy) is 1. The summed E-state index contributed by atoms with van der Waals surface area (Å²) >= 11 is 0. The Morgan fingerprint density at radius 3 is 2.69 bits per heavy atom. The van der Waals surface area contributed by atoms with Gasteiger partial charge in [-0.15, -0.1) is 0 Å². The van der Waals surface area contributed by atoms with E-state index in [1.165, 1.54) is 10.4 Å². The zero-order valence-corrected chi connectivity index (χ0v) is 21.0. The highest BCUT2D eigenvalue weighted by Crippen LogP contribution is 2.35. The Labute approximate surface area is 207 Å². The lowest BCUT2D eigenvalue weighted by molar-refractivity contribution is -0.132. The lowest BCUT2D eigenvalue weighted by Gasteiger charge is -2.37.